The molecule has 3 nitrogen and oxygen atoms in total. The smallest absolute Gasteiger partial charge is 0.144 e. The first-order chi connectivity index (χ1) is 9.60. The molecule has 0 spiro atoms. The lowest BCUT2D eigenvalue weighted by molar-refractivity contribution is 0.0215. The van der Waals surface area contributed by atoms with Crippen LogP contribution in [0.3, 0.4) is 0 Å². The monoisotopic (exact) mass is 313 g/mol. The number of piperidine rings is 3. The van der Waals surface area contributed by atoms with E-state index >= 15 is 0 Å². The van der Waals surface area contributed by atoms with E-state index < -0.39 is 6.10 Å². The zero-order valence-corrected chi connectivity index (χ0v) is 12.8. The van der Waals surface area contributed by atoms with Crippen LogP contribution in [0.2, 0.25) is 10.0 Å². The molecule has 2 bridgehead atoms. The molecule has 0 saturated carbocycles. The van der Waals surface area contributed by atoms with Gasteiger partial charge in [0.25, 0.3) is 0 Å². The maximum Gasteiger partial charge on any atom is 0.144 e. The molecule has 0 radical (unpaired) electrons. The highest BCUT2D eigenvalue weighted by molar-refractivity contribution is 6.35. The number of fused-ring (bicyclic) bond motifs is 3. The van der Waals surface area contributed by atoms with Crippen molar-refractivity contribution < 1.29 is 9.84 Å². The summed E-state index contributed by atoms with van der Waals surface area (Å²) < 4.78 is 5.35. The SMILES string of the molecule is COc1c(Cl)cc(Cl)cc1C=C1C(O)C2CCN1CC2. The van der Waals surface area contributed by atoms with Gasteiger partial charge < -0.3 is 14.7 Å². The van der Waals surface area contributed by atoms with Gasteiger partial charge in [0, 0.05) is 29.4 Å². The Morgan fingerprint density at radius 3 is 2.60 bits per heavy atom. The Balaban J connectivity index is 2.03. The Morgan fingerprint density at radius 2 is 2.00 bits per heavy atom. The average Bonchev–Trinajstić information content (AvgIpc) is 2.43. The summed E-state index contributed by atoms with van der Waals surface area (Å²) in [6.45, 7) is 2.01. The van der Waals surface area contributed by atoms with Crippen LogP contribution in [0.15, 0.2) is 17.8 Å². The number of ether oxygens (including phenoxy) is 1. The Bertz CT molecular complexity index is 547. The molecule has 1 aromatic rings. The normalized spacial score (nSPS) is 27.2. The van der Waals surface area contributed by atoms with E-state index in [0.717, 1.165) is 37.2 Å². The zero-order chi connectivity index (χ0) is 14.3. The standard InChI is InChI=1S/C15H17Cl2NO2/c1-20-15-10(6-11(16)8-12(15)17)7-13-14(19)9-2-4-18(13)5-3-9/h6-9,14,19H,2-5H2,1H3. The third-order valence-electron chi connectivity index (χ3n) is 4.20. The minimum atomic E-state index is -0.403. The summed E-state index contributed by atoms with van der Waals surface area (Å²) in [6, 6.07) is 3.48. The number of hydrogen-bond donors (Lipinski definition) is 1. The third kappa shape index (κ3) is 2.39. The quantitative estimate of drug-likeness (QED) is 0.908. The van der Waals surface area contributed by atoms with Crippen molar-refractivity contribution in [1.82, 2.24) is 4.90 Å². The Kier molecular flexibility index (Phi) is 3.85. The van der Waals surface area contributed by atoms with Gasteiger partial charge in [0.2, 0.25) is 0 Å². The summed E-state index contributed by atoms with van der Waals surface area (Å²) in [5, 5.41) is 11.5. The molecule has 0 aromatic heterocycles. The van der Waals surface area contributed by atoms with Crippen molar-refractivity contribution in [3.05, 3.63) is 33.4 Å². The first-order valence-electron chi connectivity index (χ1n) is 6.78. The van der Waals surface area contributed by atoms with E-state index in [0.29, 0.717) is 21.7 Å². The van der Waals surface area contributed by atoms with Crippen molar-refractivity contribution in [1.29, 1.82) is 0 Å². The average molecular weight is 314 g/mol. The van der Waals surface area contributed by atoms with Crippen LogP contribution in [0.5, 0.6) is 5.75 Å². The fourth-order valence-electron chi connectivity index (χ4n) is 3.14. The maximum atomic E-state index is 10.4. The Labute approximate surface area is 128 Å². The fourth-order valence-corrected chi connectivity index (χ4v) is 3.73. The van der Waals surface area contributed by atoms with Gasteiger partial charge in [-0.05, 0) is 37.0 Å². The number of methoxy groups -OCH3 is 1. The predicted molar refractivity (Wildman–Crippen MR) is 81.3 cm³/mol. The molecule has 1 unspecified atom stereocenters. The maximum absolute atomic E-state index is 10.4. The van der Waals surface area contributed by atoms with Gasteiger partial charge in [-0.3, -0.25) is 0 Å². The summed E-state index contributed by atoms with van der Waals surface area (Å²) in [5.41, 5.74) is 1.76. The van der Waals surface area contributed by atoms with E-state index in [2.05, 4.69) is 4.90 Å². The van der Waals surface area contributed by atoms with Crippen LogP contribution in [0.25, 0.3) is 6.08 Å². The molecule has 108 valence electrons. The second-order valence-corrected chi connectivity index (χ2v) is 6.19. The molecule has 1 atom stereocenters. The van der Waals surface area contributed by atoms with Crippen LogP contribution < -0.4 is 4.74 Å². The number of hydrogen-bond acceptors (Lipinski definition) is 3. The molecule has 3 aliphatic heterocycles. The van der Waals surface area contributed by atoms with Gasteiger partial charge in [-0.2, -0.15) is 0 Å². The number of nitrogens with zero attached hydrogens (tertiary/aromatic N) is 1. The summed E-state index contributed by atoms with van der Waals surface area (Å²) in [7, 11) is 1.58. The van der Waals surface area contributed by atoms with Crippen molar-refractivity contribution in [3.63, 3.8) is 0 Å². The largest absolute Gasteiger partial charge is 0.495 e. The molecule has 0 amide bonds. The molecule has 3 fully saturated rings. The van der Waals surface area contributed by atoms with Crippen LogP contribution >= 0.6 is 23.2 Å². The van der Waals surface area contributed by atoms with Crippen LogP contribution in [-0.2, 0) is 0 Å². The van der Waals surface area contributed by atoms with Gasteiger partial charge in [0.1, 0.15) is 5.75 Å². The number of benzene rings is 1. The van der Waals surface area contributed by atoms with E-state index in [9.17, 15) is 5.11 Å². The lowest BCUT2D eigenvalue weighted by atomic mass is 9.83. The van der Waals surface area contributed by atoms with E-state index in [1.807, 2.05) is 12.1 Å². The summed E-state index contributed by atoms with van der Waals surface area (Å²) >= 11 is 12.2. The molecule has 1 aromatic carbocycles. The minimum Gasteiger partial charge on any atom is -0.495 e. The summed E-state index contributed by atoms with van der Waals surface area (Å²) in [5.74, 6) is 0.963. The molecule has 1 N–H and O–H groups in total. The third-order valence-corrected chi connectivity index (χ3v) is 4.70. The summed E-state index contributed by atoms with van der Waals surface area (Å²) in [4.78, 5) is 2.24. The summed E-state index contributed by atoms with van der Waals surface area (Å²) in [6.07, 6.45) is 3.67. The highest BCUT2D eigenvalue weighted by Gasteiger charge is 2.36. The number of halogens is 2. The van der Waals surface area contributed by atoms with Crippen molar-refractivity contribution in [2.75, 3.05) is 20.2 Å². The second kappa shape index (κ2) is 5.47. The molecular formula is C15H17Cl2NO2. The van der Waals surface area contributed by atoms with Crippen LogP contribution in [0.4, 0.5) is 0 Å². The van der Waals surface area contributed by atoms with Gasteiger partial charge >= 0.3 is 0 Å². The zero-order valence-electron chi connectivity index (χ0n) is 11.3. The van der Waals surface area contributed by atoms with Crippen LogP contribution in [0.1, 0.15) is 18.4 Å². The highest BCUT2D eigenvalue weighted by Crippen LogP contribution is 2.39. The van der Waals surface area contributed by atoms with E-state index in [-0.39, 0.29) is 0 Å². The molecular weight excluding hydrogens is 297 g/mol. The van der Waals surface area contributed by atoms with Crippen LogP contribution in [0, 0.1) is 5.92 Å². The lowest BCUT2D eigenvalue weighted by Crippen LogP contribution is -2.48. The molecule has 4 rings (SSSR count). The lowest BCUT2D eigenvalue weighted by Gasteiger charge is -2.46. The number of aliphatic hydroxyl groups is 1. The molecule has 3 heterocycles. The van der Waals surface area contributed by atoms with E-state index in [4.69, 9.17) is 27.9 Å². The topological polar surface area (TPSA) is 32.7 Å². The number of rotatable bonds is 2. The molecule has 0 aliphatic carbocycles. The van der Waals surface area contributed by atoms with Crippen molar-refractivity contribution in [3.8, 4) is 5.75 Å². The van der Waals surface area contributed by atoms with Crippen LogP contribution in [-0.4, -0.2) is 36.3 Å². The predicted octanol–water partition coefficient (Wildman–Crippen LogP) is 3.43. The van der Waals surface area contributed by atoms with Gasteiger partial charge in [-0.25, -0.2) is 0 Å². The molecule has 5 heteroatoms. The van der Waals surface area contributed by atoms with Crippen molar-refractivity contribution >= 4 is 29.3 Å². The van der Waals surface area contributed by atoms with Gasteiger partial charge in [-0.15, -0.1) is 0 Å². The Hall–Kier alpha value is -0.900. The van der Waals surface area contributed by atoms with E-state index in [1.165, 1.54) is 0 Å². The first kappa shape index (κ1) is 14.1. The second-order valence-electron chi connectivity index (χ2n) is 5.35. The van der Waals surface area contributed by atoms with Gasteiger partial charge in [0.15, 0.2) is 0 Å². The molecule has 3 saturated heterocycles. The van der Waals surface area contributed by atoms with Crippen molar-refractivity contribution in [2.24, 2.45) is 5.92 Å². The van der Waals surface area contributed by atoms with Crippen molar-refractivity contribution in [2.45, 2.75) is 18.9 Å². The van der Waals surface area contributed by atoms with Gasteiger partial charge in [-0.1, -0.05) is 23.2 Å². The Morgan fingerprint density at radius 1 is 1.30 bits per heavy atom. The van der Waals surface area contributed by atoms with E-state index in [1.54, 1.807) is 13.2 Å². The molecule has 3 aliphatic rings. The van der Waals surface area contributed by atoms with Gasteiger partial charge in [0.05, 0.1) is 18.2 Å². The minimum absolute atomic E-state index is 0.368. The first-order valence-corrected chi connectivity index (χ1v) is 7.53. The fraction of sp³-hybridized carbons (Fsp3) is 0.467. The highest BCUT2D eigenvalue weighted by atomic mass is 35.5. The molecule has 20 heavy (non-hydrogen) atoms. The number of aliphatic hydroxyl groups excluding tert-OH is 1.